The number of nitrogens with one attached hydrogen (secondary N) is 3. The summed E-state index contributed by atoms with van der Waals surface area (Å²) < 4.78 is 5.11. The fraction of sp³-hybridized carbons (Fsp3) is 0.200. The highest BCUT2D eigenvalue weighted by molar-refractivity contribution is 14.0. The molecule has 1 aromatic carbocycles. The topological polar surface area (TPSA) is 78.7 Å². The number of nitrogens with zero attached hydrogens (tertiary/aromatic N) is 1. The highest BCUT2D eigenvalue weighted by Gasteiger charge is 2.09. The maximum atomic E-state index is 12.1. The number of amides is 1. The second-order valence-electron chi connectivity index (χ2n) is 5.81. The zero-order valence-corrected chi connectivity index (χ0v) is 18.6. The van der Waals surface area contributed by atoms with Crippen LogP contribution in [0.1, 0.15) is 21.0 Å². The number of halogens is 1. The lowest BCUT2D eigenvalue weighted by Gasteiger charge is -2.12. The minimum atomic E-state index is -0.267. The van der Waals surface area contributed by atoms with Gasteiger partial charge >= 0.3 is 0 Å². The van der Waals surface area contributed by atoms with Gasteiger partial charge in [0.05, 0.1) is 6.26 Å². The molecule has 3 N–H and O–H groups in total. The predicted molar refractivity (Wildman–Crippen MR) is 125 cm³/mol. The smallest absolute Gasteiger partial charge is 0.291 e. The Balaban J connectivity index is 0.00000280. The van der Waals surface area contributed by atoms with Crippen LogP contribution >= 0.6 is 35.3 Å². The molecule has 0 spiro atoms. The van der Waals surface area contributed by atoms with E-state index < -0.39 is 0 Å². The Bertz CT molecular complexity index is 880. The molecule has 0 aliphatic carbocycles. The number of benzene rings is 1. The number of carbonyl (C=O) groups is 1. The maximum Gasteiger partial charge on any atom is 0.291 e. The molecule has 0 saturated carbocycles. The zero-order valence-electron chi connectivity index (χ0n) is 15.5. The molecular weight excluding hydrogens is 487 g/mol. The molecule has 0 atom stereocenters. The first-order chi connectivity index (χ1) is 13.2. The van der Waals surface area contributed by atoms with E-state index in [1.54, 1.807) is 30.5 Å². The Morgan fingerprint density at radius 3 is 2.75 bits per heavy atom. The quantitative estimate of drug-likeness (QED) is 0.254. The third-order valence-electron chi connectivity index (χ3n) is 3.86. The normalized spacial score (nSPS) is 10.8. The van der Waals surface area contributed by atoms with Gasteiger partial charge in [0, 0.05) is 30.7 Å². The third-order valence-corrected chi connectivity index (χ3v) is 4.79. The van der Waals surface area contributed by atoms with Gasteiger partial charge in [-0.1, -0.05) is 18.2 Å². The molecule has 0 bridgehead atoms. The number of anilines is 1. The molecule has 28 heavy (non-hydrogen) atoms. The standard InChI is InChI=1S/C20H22N4O2S.HI/c1-21-20(22-10-9-17-7-4-12-27-17)23-14-15-5-2-6-16(13-15)24-19(25)18-8-3-11-26-18;/h2-8,11-13H,9-10,14H2,1H3,(H,24,25)(H2,21,22,23);1H. The summed E-state index contributed by atoms with van der Waals surface area (Å²) in [5.74, 6) is 0.765. The Morgan fingerprint density at radius 1 is 1.14 bits per heavy atom. The van der Waals surface area contributed by atoms with Crippen molar-refractivity contribution in [3.05, 3.63) is 76.4 Å². The molecule has 0 aliphatic rings. The van der Waals surface area contributed by atoms with Gasteiger partial charge in [-0.15, -0.1) is 35.3 Å². The molecule has 0 saturated heterocycles. The lowest BCUT2D eigenvalue weighted by Crippen LogP contribution is -2.37. The Kier molecular flexibility index (Phi) is 9.02. The number of hydrogen-bond donors (Lipinski definition) is 3. The fourth-order valence-corrected chi connectivity index (χ4v) is 3.23. The predicted octanol–water partition coefficient (Wildman–Crippen LogP) is 4.12. The molecule has 3 aromatic rings. The van der Waals surface area contributed by atoms with Crippen molar-refractivity contribution in [2.75, 3.05) is 18.9 Å². The van der Waals surface area contributed by atoms with Crippen LogP contribution in [0.4, 0.5) is 5.69 Å². The van der Waals surface area contributed by atoms with Crippen molar-refractivity contribution in [3.8, 4) is 0 Å². The minimum Gasteiger partial charge on any atom is -0.459 e. The lowest BCUT2D eigenvalue weighted by atomic mass is 10.2. The summed E-state index contributed by atoms with van der Waals surface area (Å²) in [5.41, 5.74) is 1.75. The highest BCUT2D eigenvalue weighted by Crippen LogP contribution is 2.13. The molecule has 0 aliphatic heterocycles. The van der Waals surface area contributed by atoms with E-state index in [2.05, 4.69) is 38.5 Å². The summed E-state index contributed by atoms with van der Waals surface area (Å²) in [6, 6.07) is 15.2. The van der Waals surface area contributed by atoms with Gasteiger partial charge in [0.1, 0.15) is 0 Å². The first-order valence-electron chi connectivity index (χ1n) is 8.65. The molecule has 2 aromatic heterocycles. The molecule has 1 amide bonds. The summed E-state index contributed by atoms with van der Waals surface area (Å²) in [5, 5.41) is 11.5. The second-order valence-corrected chi connectivity index (χ2v) is 6.85. The van der Waals surface area contributed by atoms with Crippen LogP contribution in [0, 0.1) is 0 Å². The zero-order chi connectivity index (χ0) is 18.9. The summed E-state index contributed by atoms with van der Waals surface area (Å²) >= 11 is 1.76. The van der Waals surface area contributed by atoms with Crippen LogP contribution in [0.15, 0.2) is 69.6 Å². The highest BCUT2D eigenvalue weighted by atomic mass is 127. The van der Waals surface area contributed by atoms with E-state index in [1.165, 1.54) is 11.1 Å². The number of furan rings is 1. The summed E-state index contributed by atoms with van der Waals surface area (Å²) in [4.78, 5) is 17.7. The first-order valence-corrected chi connectivity index (χ1v) is 9.53. The largest absolute Gasteiger partial charge is 0.459 e. The van der Waals surface area contributed by atoms with Crippen molar-refractivity contribution in [1.82, 2.24) is 10.6 Å². The van der Waals surface area contributed by atoms with E-state index >= 15 is 0 Å². The van der Waals surface area contributed by atoms with Gasteiger partial charge in [-0.2, -0.15) is 0 Å². The van der Waals surface area contributed by atoms with E-state index in [-0.39, 0.29) is 35.6 Å². The van der Waals surface area contributed by atoms with Crippen LogP contribution in [0.25, 0.3) is 0 Å². The van der Waals surface area contributed by atoms with Crippen molar-refractivity contribution < 1.29 is 9.21 Å². The molecule has 3 rings (SSSR count). The molecule has 8 heteroatoms. The fourth-order valence-electron chi connectivity index (χ4n) is 2.52. The lowest BCUT2D eigenvalue weighted by molar-refractivity contribution is 0.0996. The summed E-state index contributed by atoms with van der Waals surface area (Å²) in [6.45, 7) is 1.42. The number of aliphatic imine (C=N–C) groups is 1. The van der Waals surface area contributed by atoms with E-state index in [0.29, 0.717) is 6.54 Å². The van der Waals surface area contributed by atoms with Crippen LogP contribution in [-0.2, 0) is 13.0 Å². The molecule has 0 fully saturated rings. The molecule has 2 heterocycles. The van der Waals surface area contributed by atoms with Crippen LogP contribution in [-0.4, -0.2) is 25.5 Å². The Morgan fingerprint density at radius 2 is 2.04 bits per heavy atom. The number of hydrogen-bond acceptors (Lipinski definition) is 4. The van der Waals surface area contributed by atoms with E-state index in [4.69, 9.17) is 4.42 Å². The Labute approximate surface area is 185 Å². The van der Waals surface area contributed by atoms with E-state index in [9.17, 15) is 4.79 Å². The van der Waals surface area contributed by atoms with Gasteiger partial charge in [-0.3, -0.25) is 9.79 Å². The minimum absolute atomic E-state index is 0. The van der Waals surface area contributed by atoms with Crippen molar-refractivity contribution in [3.63, 3.8) is 0 Å². The third kappa shape index (κ3) is 6.68. The second kappa shape index (κ2) is 11.5. The average molecular weight is 510 g/mol. The first kappa shape index (κ1) is 22.0. The van der Waals surface area contributed by atoms with Gasteiger partial charge in [0.15, 0.2) is 11.7 Å². The van der Waals surface area contributed by atoms with Crippen LogP contribution in [0.2, 0.25) is 0 Å². The molecule has 0 unspecified atom stereocenters. The number of rotatable bonds is 7. The van der Waals surface area contributed by atoms with Gasteiger partial charge in [0.2, 0.25) is 0 Å². The molecule has 0 radical (unpaired) electrons. The number of thiophene rings is 1. The molecule has 6 nitrogen and oxygen atoms in total. The number of carbonyl (C=O) groups excluding carboxylic acids is 1. The average Bonchev–Trinajstić information content (AvgIpc) is 3.38. The van der Waals surface area contributed by atoms with Crippen molar-refractivity contribution >= 4 is 52.9 Å². The molecular formula is C20H23IN4O2S. The van der Waals surface area contributed by atoms with Gasteiger partial charge in [-0.05, 0) is 47.7 Å². The molecule has 148 valence electrons. The van der Waals surface area contributed by atoms with Crippen LogP contribution in [0.3, 0.4) is 0 Å². The van der Waals surface area contributed by atoms with Crippen molar-refractivity contribution in [2.45, 2.75) is 13.0 Å². The summed E-state index contributed by atoms with van der Waals surface area (Å²) in [6.07, 6.45) is 2.44. The van der Waals surface area contributed by atoms with Gasteiger partial charge < -0.3 is 20.4 Å². The van der Waals surface area contributed by atoms with Crippen molar-refractivity contribution in [1.29, 1.82) is 0 Å². The summed E-state index contributed by atoms with van der Waals surface area (Å²) in [7, 11) is 1.75. The Hall–Kier alpha value is -2.33. The van der Waals surface area contributed by atoms with Crippen LogP contribution in [0.5, 0.6) is 0 Å². The monoisotopic (exact) mass is 510 g/mol. The SMILES string of the molecule is CN=C(NCCc1cccs1)NCc1cccc(NC(=O)c2ccco2)c1.I. The van der Waals surface area contributed by atoms with Crippen LogP contribution < -0.4 is 16.0 Å². The van der Waals surface area contributed by atoms with E-state index in [0.717, 1.165) is 30.2 Å². The van der Waals surface area contributed by atoms with Gasteiger partial charge in [-0.25, -0.2) is 0 Å². The number of guanidine groups is 1. The maximum absolute atomic E-state index is 12.1. The van der Waals surface area contributed by atoms with Crippen molar-refractivity contribution in [2.24, 2.45) is 4.99 Å². The van der Waals surface area contributed by atoms with Gasteiger partial charge in [0.25, 0.3) is 5.91 Å². The van der Waals surface area contributed by atoms with E-state index in [1.807, 2.05) is 24.3 Å².